The fraction of sp³-hybridized carbons (Fsp3) is 0.444. The molecule has 1 aliphatic rings. The van der Waals surface area contributed by atoms with E-state index in [1.165, 1.54) is 16.9 Å². The zero-order valence-corrected chi connectivity index (χ0v) is 32.9. The summed E-state index contributed by atoms with van der Waals surface area (Å²) in [5, 5.41) is 14.3. The maximum atomic E-state index is 16.2. The van der Waals surface area contributed by atoms with Gasteiger partial charge < -0.3 is 33.9 Å². The highest BCUT2D eigenvalue weighted by molar-refractivity contribution is 6.76. The monoisotopic (exact) mass is 773 g/mol. The molecule has 0 spiro atoms. The molecule has 0 unspecified atom stereocenters. The van der Waals surface area contributed by atoms with E-state index in [9.17, 15) is 10.1 Å². The Morgan fingerprint density at radius 1 is 1.12 bits per heavy atom. The molecule has 0 radical (unpaired) electrons. The normalized spacial score (nSPS) is 13.7. The number of anilines is 3. The van der Waals surface area contributed by atoms with Crippen molar-refractivity contribution in [3.63, 3.8) is 0 Å². The first kappa shape index (κ1) is 39.1. The van der Waals surface area contributed by atoms with Crippen molar-refractivity contribution in [3.05, 3.63) is 69.1 Å². The van der Waals surface area contributed by atoms with Gasteiger partial charge in [-0.25, -0.2) is 23.5 Å². The van der Waals surface area contributed by atoms with E-state index in [1.807, 2.05) is 0 Å². The van der Waals surface area contributed by atoms with Crippen LogP contribution < -0.4 is 15.0 Å². The molecule has 1 aliphatic heterocycles. The summed E-state index contributed by atoms with van der Waals surface area (Å²) in [4.78, 5) is 25.0. The molecular weight excluding hydrogens is 731 g/mol. The first-order valence-corrected chi connectivity index (χ1v) is 21.3. The molecule has 2 aromatic heterocycles. The number of piperazine rings is 1. The van der Waals surface area contributed by atoms with Crippen LogP contribution in [-0.4, -0.2) is 79.1 Å². The number of carbonyl (C=O) groups excluding carboxylic acids is 1. The summed E-state index contributed by atoms with van der Waals surface area (Å²) in [6.45, 7) is 13.5. The third kappa shape index (κ3) is 8.89. The predicted molar refractivity (Wildman–Crippen MR) is 202 cm³/mol. The lowest BCUT2D eigenvalue weighted by molar-refractivity contribution is 0.0240. The van der Waals surface area contributed by atoms with Crippen molar-refractivity contribution in [1.29, 1.82) is 5.26 Å². The third-order valence-corrected chi connectivity index (χ3v) is 10.8. The number of ether oxygens (including phenoxy) is 3. The molecule has 2 aromatic carbocycles. The molecule has 1 saturated heterocycles. The number of carbonyl (C=O) groups is 1. The number of hydrogen-bond acceptors (Lipinski definition) is 9. The number of nitrogens with zero attached hydrogens (tertiary/aromatic N) is 6. The molecule has 0 saturated carbocycles. The van der Waals surface area contributed by atoms with Crippen LogP contribution in [0.3, 0.4) is 0 Å². The number of pyridine rings is 1. The number of aromatic nitrogens is 3. The van der Waals surface area contributed by atoms with Gasteiger partial charge in [0.05, 0.1) is 30.3 Å². The number of fused-ring (bicyclic) bond motifs is 1. The zero-order chi connectivity index (χ0) is 38.0. The Balaban J connectivity index is 1.52. The smallest absolute Gasteiger partial charge is 0.410 e. The van der Waals surface area contributed by atoms with E-state index in [0.29, 0.717) is 38.9 Å². The maximum Gasteiger partial charge on any atom is 0.410 e. The topological polar surface area (TPSA) is 118 Å². The van der Waals surface area contributed by atoms with Crippen LogP contribution in [0.15, 0.2) is 30.6 Å². The SMILES string of the molecule is COc1c(Nc2nc(Cc3c(Cl)cccc3Cl)c3ncn(COCC[Si](C)(C)C)c3c2C#N)cc(F)c(N2CCN(C(=O)OC(C)(C)C)CC2)c1F. The van der Waals surface area contributed by atoms with Gasteiger partial charge in [0.1, 0.15) is 35.2 Å². The van der Waals surface area contributed by atoms with Crippen molar-refractivity contribution in [1.82, 2.24) is 19.4 Å². The minimum absolute atomic E-state index is 0.0212. The lowest BCUT2D eigenvalue weighted by Gasteiger charge is -2.37. The van der Waals surface area contributed by atoms with Gasteiger partial charge in [0.15, 0.2) is 23.2 Å². The van der Waals surface area contributed by atoms with Crippen LogP contribution in [0.4, 0.5) is 30.8 Å². The molecule has 0 atom stereocenters. The standard InChI is InChI=1S/C36H43Cl2F2N7O4Si/c1-36(2,3)51-35(48)46-13-11-45(12-14-46)32-26(39)18-28(33(49-4)29(32)40)44-34-23(19-41)31-30(42-20-47(31)21-50-15-16-52(5,6)7)27(43-34)17-22-24(37)9-8-10-25(22)38/h8-10,18,20H,11-17,21H2,1-7H3,(H,43,44). The molecule has 5 rings (SSSR count). The summed E-state index contributed by atoms with van der Waals surface area (Å²) < 4.78 is 50.8. The highest BCUT2D eigenvalue weighted by Gasteiger charge is 2.31. The van der Waals surface area contributed by atoms with Crippen LogP contribution in [0.1, 0.15) is 37.6 Å². The van der Waals surface area contributed by atoms with E-state index in [0.717, 1.165) is 12.1 Å². The van der Waals surface area contributed by atoms with Crippen LogP contribution in [-0.2, 0) is 22.6 Å². The summed E-state index contributed by atoms with van der Waals surface area (Å²) in [6.07, 6.45) is 1.23. The minimum atomic E-state index is -1.36. The van der Waals surface area contributed by atoms with Crippen molar-refractivity contribution in [2.75, 3.05) is 50.1 Å². The molecule has 0 aliphatic carbocycles. The van der Waals surface area contributed by atoms with E-state index < -0.39 is 31.4 Å². The number of hydrogen-bond donors (Lipinski definition) is 1. The second-order valence-electron chi connectivity index (χ2n) is 14.7. The zero-order valence-electron chi connectivity index (χ0n) is 30.4. The lowest BCUT2D eigenvalue weighted by atomic mass is 10.1. The minimum Gasteiger partial charge on any atom is -0.492 e. The Hall–Kier alpha value is -4.16. The second-order valence-corrected chi connectivity index (χ2v) is 21.1. The van der Waals surface area contributed by atoms with E-state index in [2.05, 4.69) is 36.0 Å². The molecule has 1 amide bonds. The van der Waals surface area contributed by atoms with E-state index in [-0.39, 0.29) is 67.8 Å². The van der Waals surface area contributed by atoms with Gasteiger partial charge in [-0.1, -0.05) is 48.9 Å². The molecule has 16 heteroatoms. The van der Waals surface area contributed by atoms with Crippen LogP contribution in [0.5, 0.6) is 5.75 Å². The molecule has 0 bridgehead atoms. The number of nitriles is 1. The highest BCUT2D eigenvalue weighted by atomic mass is 35.5. The molecular formula is C36H43Cl2F2N7O4Si. The van der Waals surface area contributed by atoms with Gasteiger partial charge in [0.25, 0.3) is 0 Å². The second kappa shape index (κ2) is 15.8. The fourth-order valence-electron chi connectivity index (χ4n) is 5.78. The fourth-order valence-corrected chi connectivity index (χ4v) is 7.07. The van der Waals surface area contributed by atoms with Crippen molar-refractivity contribution in [2.24, 2.45) is 0 Å². The Bertz CT molecular complexity index is 1980. The summed E-state index contributed by atoms with van der Waals surface area (Å²) in [5.74, 6) is -2.07. The Kier molecular flexibility index (Phi) is 11.9. The van der Waals surface area contributed by atoms with Gasteiger partial charge in [-0.3, -0.25) is 0 Å². The van der Waals surface area contributed by atoms with E-state index >= 15 is 8.78 Å². The molecule has 4 aromatic rings. The number of benzene rings is 2. The van der Waals surface area contributed by atoms with Gasteiger partial charge >= 0.3 is 6.09 Å². The van der Waals surface area contributed by atoms with Gasteiger partial charge in [-0.05, 0) is 44.5 Å². The van der Waals surface area contributed by atoms with Crippen molar-refractivity contribution < 1.29 is 27.8 Å². The number of nitrogens with one attached hydrogen (secondary N) is 1. The van der Waals surface area contributed by atoms with Crippen LogP contribution >= 0.6 is 23.2 Å². The Morgan fingerprint density at radius 2 is 1.79 bits per heavy atom. The van der Waals surface area contributed by atoms with Crippen molar-refractivity contribution >= 4 is 65.6 Å². The third-order valence-electron chi connectivity index (χ3n) is 8.43. The van der Waals surface area contributed by atoms with Crippen molar-refractivity contribution in [2.45, 2.75) is 65.2 Å². The molecule has 1 fully saturated rings. The van der Waals surface area contributed by atoms with Gasteiger partial charge in [0.2, 0.25) is 0 Å². The number of methoxy groups -OCH3 is 1. The number of rotatable bonds is 11. The Labute approximate surface area is 313 Å². The summed E-state index contributed by atoms with van der Waals surface area (Å²) in [7, 11) is -0.0905. The molecule has 278 valence electrons. The first-order chi connectivity index (χ1) is 24.5. The lowest BCUT2D eigenvalue weighted by Crippen LogP contribution is -2.50. The van der Waals surface area contributed by atoms with Crippen molar-refractivity contribution in [3.8, 4) is 11.8 Å². The van der Waals surface area contributed by atoms with Gasteiger partial charge in [-0.2, -0.15) is 5.26 Å². The average Bonchev–Trinajstić information content (AvgIpc) is 3.48. The quantitative estimate of drug-likeness (QED) is 0.118. The van der Waals surface area contributed by atoms with Gasteiger partial charge in [0, 0.05) is 63.4 Å². The first-order valence-electron chi connectivity index (χ1n) is 16.9. The van der Waals surface area contributed by atoms with E-state index in [1.54, 1.807) is 49.9 Å². The highest BCUT2D eigenvalue weighted by Crippen LogP contribution is 2.40. The predicted octanol–water partition coefficient (Wildman–Crippen LogP) is 8.60. The molecule has 1 N–H and O–H groups in total. The van der Waals surface area contributed by atoms with Gasteiger partial charge in [-0.15, -0.1) is 0 Å². The number of imidazole rings is 1. The number of halogens is 4. The van der Waals surface area contributed by atoms with E-state index in [4.69, 9.17) is 42.4 Å². The summed E-state index contributed by atoms with van der Waals surface area (Å²) >= 11 is 13.1. The molecule has 52 heavy (non-hydrogen) atoms. The Morgan fingerprint density at radius 3 is 2.38 bits per heavy atom. The largest absolute Gasteiger partial charge is 0.492 e. The average molecular weight is 775 g/mol. The van der Waals surface area contributed by atoms with Crippen LogP contribution in [0, 0.1) is 23.0 Å². The van der Waals surface area contributed by atoms with Crippen LogP contribution in [0.25, 0.3) is 11.0 Å². The molecule has 3 heterocycles. The summed E-state index contributed by atoms with van der Waals surface area (Å²) in [5.41, 5.74) is 0.905. The maximum absolute atomic E-state index is 16.2. The number of amides is 1. The van der Waals surface area contributed by atoms with Crippen LogP contribution in [0.2, 0.25) is 35.7 Å². The summed E-state index contributed by atoms with van der Waals surface area (Å²) in [6, 6.07) is 9.41. The molecule has 11 nitrogen and oxygen atoms in total.